The lowest BCUT2D eigenvalue weighted by molar-refractivity contribution is 0.965. The van der Waals surface area contributed by atoms with Crippen molar-refractivity contribution in [1.82, 2.24) is 14.0 Å². The van der Waals surface area contributed by atoms with Crippen molar-refractivity contribution >= 4 is 60.5 Å². The minimum atomic E-state index is -0.0278. The molecule has 1 atom stereocenters. The number of fused-ring (bicyclic) bond motifs is 10. The molecular formula is C49H36N4. The molecule has 0 fully saturated rings. The normalized spacial score (nSPS) is 12.8. The molecule has 10 rings (SSSR count). The summed E-state index contributed by atoms with van der Waals surface area (Å²) in [6.45, 7) is 4.43. The number of aryl methyl sites for hydroxylation is 1. The van der Waals surface area contributed by atoms with Crippen molar-refractivity contribution in [3.63, 3.8) is 0 Å². The van der Waals surface area contributed by atoms with Crippen molar-refractivity contribution in [3.05, 3.63) is 187 Å². The maximum atomic E-state index is 5.62. The molecule has 0 radical (unpaired) electrons. The molecule has 0 spiro atoms. The van der Waals surface area contributed by atoms with Crippen LogP contribution in [0.4, 0.5) is 5.69 Å². The smallest absolute Gasteiger partial charge is 0.145 e. The van der Waals surface area contributed by atoms with Crippen molar-refractivity contribution in [2.45, 2.75) is 19.8 Å². The number of para-hydroxylation sites is 3. The second-order valence-corrected chi connectivity index (χ2v) is 13.8. The molecule has 0 saturated heterocycles. The fraction of sp³-hybridized carbons (Fsp3) is 0.0612. The summed E-state index contributed by atoms with van der Waals surface area (Å²) in [6.07, 6.45) is 0. The Labute approximate surface area is 307 Å². The third-order valence-electron chi connectivity index (χ3n) is 10.7. The van der Waals surface area contributed by atoms with Crippen LogP contribution in [0, 0.1) is 6.92 Å². The van der Waals surface area contributed by atoms with Gasteiger partial charge in [0.2, 0.25) is 0 Å². The van der Waals surface area contributed by atoms with Crippen LogP contribution in [-0.2, 0) is 0 Å². The van der Waals surface area contributed by atoms with Crippen LogP contribution in [0.3, 0.4) is 0 Å². The minimum absolute atomic E-state index is 0.0278. The van der Waals surface area contributed by atoms with Gasteiger partial charge in [-0.15, -0.1) is 0 Å². The summed E-state index contributed by atoms with van der Waals surface area (Å²) in [6, 6.07) is 62.6. The topological polar surface area (TPSA) is 34.6 Å². The molecule has 10 aromatic rings. The average molecular weight is 681 g/mol. The van der Waals surface area contributed by atoms with Crippen LogP contribution < -0.4 is 0 Å². The lowest BCUT2D eigenvalue weighted by atomic mass is 9.98. The van der Waals surface area contributed by atoms with Gasteiger partial charge in [0.1, 0.15) is 11.7 Å². The lowest BCUT2D eigenvalue weighted by Gasteiger charge is -2.21. The summed E-state index contributed by atoms with van der Waals surface area (Å²) in [5.41, 5.74) is 10.9. The van der Waals surface area contributed by atoms with E-state index in [9.17, 15) is 0 Å². The molecule has 0 N–H and O–H groups in total. The fourth-order valence-electron chi connectivity index (χ4n) is 8.16. The van der Waals surface area contributed by atoms with E-state index in [1.54, 1.807) is 0 Å². The zero-order valence-corrected chi connectivity index (χ0v) is 29.6. The van der Waals surface area contributed by atoms with Gasteiger partial charge in [0.15, 0.2) is 0 Å². The van der Waals surface area contributed by atoms with Crippen molar-refractivity contribution in [2.75, 3.05) is 0 Å². The number of nitrogens with zero attached hydrogens (tertiary/aromatic N) is 4. The van der Waals surface area contributed by atoms with Crippen LogP contribution in [0.5, 0.6) is 0 Å². The third kappa shape index (κ3) is 4.91. The highest BCUT2D eigenvalue weighted by Gasteiger charge is 2.27. The van der Waals surface area contributed by atoms with Gasteiger partial charge in [-0.05, 0) is 41.6 Å². The van der Waals surface area contributed by atoms with Crippen LogP contribution in [0.25, 0.3) is 71.6 Å². The first-order valence-electron chi connectivity index (χ1n) is 18.3. The van der Waals surface area contributed by atoms with Crippen LogP contribution in [0.2, 0.25) is 0 Å². The maximum absolute atomic E-state index is 5.62. The molecule has 4 heteroatoms. The van der Waals surface area contributed by atoms with Crippen LogP contribution in [0.15, 0.2) is 181 Å². The molecule has 1 unspecified atom stereocenters. The first-order valence-corrected chi connectivity index (χ1v) is 18.3. The first-order chi connectivity index (χ1) is 26.2. The standard InChI is InChI=1S/C49H36N4/c1-32-18-12-15-27-41(32)50-48(33(2)34-19-6-3-7-20-34)52-43-29-17-14-26-38(43)40-31-30-39-37-25-13-16-28-42(37)53-47(44(39)46(40)52)45(35-21-8-4-9-22-35)51-49(53)36-23-10-5-11-24-36/h3-31,33H,1-2H3/b50-48+. The van der Waals surface area contributed by atoms with Crippen molar-refractivity contribution in [2.24, 2.45) is 4.99 Å². The van der Waals surface area contributed by atoms with Gasteiger partial charge in [-0.2, -0.15) is 0 Å². The molecule has 3 heterocycles. The number of aliphatic imine (C=N–C) groups is 1. The molecule has 53 heavy (non-hydrogen) atoms. The van der Waals surface area contributed by atoms with Crippen molar-refractivity contribution in [3.8, 4) is 22.6 Å². The van der Waals surface area contributed by atoms with E-state index in [1.807, 2.05) is 0 Å². The SMILES string of the molecule is Cc1ccccc1/N=C(\C(C)c1ccccc1)n1c2ccccc2c2ccc3c4ccccc4n4c(-c5ccccc5)nc(-c5ccccc5)c4c3c21. The number of pyridine rings is 1. The number of aromatic nitrogens is 3. The minimum Gasteiger partial charge on any atom is -0.296 e. The second kappa shape index (κ2) is 12.5. The monoisotopic (exact) mass is 680 g/mol. The number of hydrogen-bond acceptors (Lipinski definition) is 2. The largest absolute Gasteiger partial charge is 0.296 e. The molecule has 0 aliphatic carbocycles. The second-order valence-electron chi connectivity index (χ2n) is 13.8. The molecule has 7 aromatic carbocycles. The van der Waals surface area contributed by atoms with Crippen molar-refractivity contribution < 1.29 is 0 Å². The summed E-state index contributed by atoms with van der Waals surface area (Å²) >= 11 is 0. The van der Waals surface area contributed by atoms with E-state index >= 15 is 0 Å². The van der Waals surface area contributed by atoms with Gasteiger partial charge in [0, 0.05) is 38.6 Å². The Bertz CT molecular complexity index is 3010. The summed E-state index contributed by atoms with van der Waals surface area (Å²) in [5.74, 6) is 1.86. The Kier molecular flexibility index (Phi) is 7.29. The lowest BCUT2D eigenvalue weighted by Crippen LogP contribution is -2.19. The molecule has 0 aliphatic rings. The molecule has 0 amide bonds. The molecular weight excluding hydrogens is 645 g/mol. The highest BCUT2D eigenvalue weighted by molar-refractivity contribution is 6.30. The van der Waals surface area contributed by atoms with Gasteiger partial charge >= 0.3 is 0 Å². The van der Waals surface area contributed by atoms with E-state index in [1.165, 1.54) is 27.1 Å². The zero-order chi connectivity index (χ0) is 35.5. The van der Waals surface area contributed by atoms with Crippen molar-refractivity contribution in [1.29, 1.82) is 0 Å². The average Bonchev–Trinajstić information content (AvgIpc) is 3.79. The highest BCUT2D eigenvalue weighted by Crippen LogP contribution is 2.44. The quantitative estimate of drug-likeness (QED) is 0.101. The van der Waals surface area contributed by atoms with E-state index in [4.69, 9.17) is 9.98 Å². The van der Waals surface area contributed by atoms with Crippen LogP contribution >= 0.6 is 0 Å². The highest BCUT2D eigenvalue weighted by atomic mass is 15.1. The summed E-state index contributed by atoms with van der Waals surface area (Å²) < 4.78 is 4.85. The van der Waals surface area contributed by atoms with E-state index in [0.29, 0.717) is 0 Å². The number of rotatable bonds is 5. The first kappa shape index (κ1) is 31.0. The Morgan fingerprint density at radius 1 is 0.528 bits per heavy atom. The van der Waals surface area contributed by atoms with Crippen LogP contribution in [-0.4, -0.2) is 19.8 Å². The number of imidazole rings is 1. The van der Waals surface area contributed by atoms with Gasteiger partial charge in [0.05, 0.1) is 33.4 Å². The zero-order valence-electron chi connectivity index (χ0n) is 29.6. The number of hydrogen-bond donors (Lipinski definition) is 0. The Morgan fingerprint density at radius 2 is 1.09 bits per heavy atom. The van der Waals surface area contributed by atoms with E-state index in [-0.39, 0.29) is 5.92 Å². The van der Waals surface area contributed by atoms with Gasteiger partial charge in [-0.3, -0.25) is 8.97 Å². The molecule has 0 aliphatic heterocycles. The third-order valence-corrected chi connectivity index (χ3v) is 10.7. The molecule has 3 aromatic heterocycles. The predicted octanol–water partition coefficient (Wildman–Crippen LogP) is 12.8. The van der Waals surface area contributed by atoms with Gasteiger partial charge in [0.25, 0.3) is 0 Å². The van der Waals surface area contributed by atoms with Gasteiger partial charge in [-0.25, -0.2) is 9.98 Å². The summed E-state index contributed by atoms with van der Waals surface area (Å²) in [7, 11) is 0. The Hall–Kier alpha value is -6.78. The maximum Gasteiger partial charge on any atom is 0.145 e. The number of benzene rings is 7. The van der Waals surface area contributed by atoms with Gasteiger partial charge < -0.3 is 0 Å². The Balaban J connectivity index is 1.47. The summed E-state index contributed by atoms with van der Waals surface area (Å²) in [4.78, 5) is 11.2. The fourth-order valence-corrected chi connectivity index (χ4v) is 8.16. The molecule has 0 saturated carbocycles. The van der Waals surface area contributed by atoms with Crippen LogP contribution in [0.1, 0.15) is 24.0 Å². The summed E-state index contributed by atoms with van der Waals surface area (Å²) in [5, 5.41) is 5.89. The predicted molar refractivity (Wildman–Crippen MR) is 223 cm³/mol. The molecule has 4 nitrogen and oxygen atoms in total. The van der Waals surface area contributed by atoms with E-state index < -0.39 is 0 Å². The Morgan fingerprint density at radius 3 is 1.81 bits per heavy atom. The molecule has 0 bridgehead atoms. The van der Waals surface area contributed by atoms with E-state index in [2.05, 4.69) is 199 Å². The molecule has 252 valence electrons. The van der Waals surface area contributed by atoms with Gasteiger partial charge in [-0.1, -0.05) is 165 Å². The van der Waals surface area contributed by atoms with E-state index in [0.717, 1.165) is 67.2 Å².